The van der Waals surface area contributed by atoms with Crippen LogP contribution < -0.4 is 5.32 Å². The zero-order chi connectivity index (χ0) is 15.2. The Bertz CT molecular complexity index is 517. The van der Waals surface area contributed by atoms with Crippen LogP contribution in [-0.2, 0) is 21.3 Å². The van der Waals surface area contributed by atoms with Crippen LogP contribution in [0, 0.1) is 0 Å². The lowest BCUT2D eigenvalue weighted by Gasteiger charge is -2.27. The van der Waals surface area contributed by atoms with Gasteiger partial charge in [-0.1, -0.05) is 25.1 Å². The Labute approximate surface area is 122 Å². The fraction of sp³-hybridized carbons (Fsp3) is 0.571. The molecule has 0 spiro atoms. The summed E-state index contributed by atoms with van der Waals surface area (Å²) in [5, 5.41) is 3.00. The average Bonchev–Trinajstić information content (AvgIpc) is 2.40. The van der Waals surface area contributed by atoms with E-state index in [1.165, 1.54) is 4.31 Å². The molecule has 0 aliphatic rings. The molecule has 6 heteroatoms. The first kappa shape index (κ1) is 17.1. The highest BCUT2D eigenvalue weighted by atomic mass is 32.2. The molecule has 114 valence electrons. The van der Waals surface area contributed by atoms with Crippen molar-refractivity contribution >= 4 is 10.0 Å². The molecule has 0 bridgehead atoms. The summed E-state index contributed by atoms with van der Waals surface area (Å²) in [7, 11) is -0.137. The predicted molar refractivity (Wildman–Crippen MR) is 80.1 cm³/mol. The largest absolute Gasteiger partial charge is 0.383 e. The third-order valence-electron chi connectivity index (χ3n) is 3.14. The standard InChI is InChI=1S/C14H24N2O3S/c1-5-16(12(2)11-19-4)20(17,18)14-9-7-6-8-13(14)10-15-3/h6-9,12,15H,5,10-11H2,1-4H3. The lowest BCUT2D eigenvalue weighted by Crippen LogP contribution is -2.41. The summed E-state index contributed by atoms with van der Waals surface area (Å²) >= 11 is 0. The molecule has 1 rings (SSSR count). The van der Waals surface area contributed by atoms with E-state index in [1.807, 2.05) is 26.0 Å². The normalized spacial score (nSPS) is 13.7. The van der Waals surface area contributed by atoms with E-state index in [2.05, 4.69) is 5.32 Å². The molecule has 0 aliphatic heterocycles. The Balaban J connectivity index is 3.20. The van der Waals surface area contributed by atoms with Gasteiger partial charge in [0.15, 0.2) is 0 Å². The van der Waals surface area contributed by atoms with Gasteiger partial charge >= 0.3 is 0 Å². The first-order valence-corrected chi connectivity index (χ1v) is 8.16. The van der Waals surface area contributed by atoms with Crippen molar-refractivity contribution in [2.24, 2.45) is 0 Å². The highest BCUT2D eigenvalue weighted by Crippen LogP contribution is 2.22. The molecule has 1 N–H and O–H groups in total. The van der Waals surface area contributed by atoms with Gasteiger partial charge in [-0.3, -0.25) is 0 Å². The number of sulfonamides is 1. The lowest BCUT2D eigenvalue weighted by molar-refractivity contribution is 0.142. The van der Waals surface area contributed by atoms with Crippen LogP contribution in [0.4, 0.5) is 0 Å². The van der Waals surface area contributed by atoms with E-state index in [9.17, 15) is 8.42 Å². The lowest BCUT2D eigenvalue weighted by atomic mass is 10.2. The summed E-state index contributed by atoms with van der Waals surface area (Å²) in [5.74, 6) is 0. The topological polar surface area (TPSA) is 58.6 Å². The van der Waals surface area contributed by atoms with E-state index in [1.54, 1.807) is 26.3 Å². The molecule has 1 unspecified atom stereocenters. The molecule has 20 heavy (non-hydrogen) atoms. The van der Waals surface area contributed by atoms with Crippen LogP contribution in [0.1, 0.15) is 19.4 Å². The minimum atomic E-state index is -3.51. The van der Waals surface area contributed by atoms with Crippen molar-refractivity contribution in [2.75, 3.05) is 27.3 Å². The van der Waals surface area contributed by atoms with E-state index in [0.717, 1.165) is 5.56 Å². The van der Waals surface area contributed by atoms with Crippen molar-refractivity contribution in [3.63, 3.8) is 0 Å². The van der Waals surface area contributed by atoms with Crippen molar-refractivity contribution in [1.82, 2.24) is 9.62 Å². The third-order valence-corrected chi connectivity index (χ3v) is 5.33. The summed E-state index contributed by atoms with van der Waals surface area (Å²) in [6.45, 7) is 5.00. The maximum atomic E-state index is 12.8. The Morgan fingerprint density at radius 1 is 1.35 bits per heavy atom. The quantitative estimate of drug-likeness (QED) is 0.789. The average molecular weight is 300 g/mol. The Morgan fingerprint density at radius 2 is 2.00 bits per heavy atom. The summed E-state index contributed by atoms with van der Waals surface area (Å²) in [6.07, 6.45) is 0. The van der Waals surface area contributed by atoms with Crippen molar-refractivity contribution in [2.45, 2.75) is 31.3 Å². The van der Waals surface area contributed by atoms with Gasteiger partial charge in [-0.2, -0.15) is 4.31 Å². The molecule has 0 aliphatic carbocycles. The molecular formula is C14H24N2O3S. The van der Waals surface area contributed by atoms with Gasteiger partial charge in [0, 0.05) is 26.2 Å². The third kappa shape index (κ3) is 3.79. The zero-order valence-corrected chi connectivity index (χ0v) is 13.4. The van der Waals surface area contributed by atoms with E-state index in [4.69, 9.17) is 4.74 Å². The molecular weight excluding hydrogens is 276 g/mol. The van der Waals surface area contributed by atoms with Gasteiger partial charge in [0.2, 0.25) is 10.0 Å². The second-order valence-electron chi connectivity index (χ2n) is 4.65. The Morgan fingerprint density at radius 3 is 2.55 bits per heavy atom. The predicted octanol–water partition coefficient (Wildman–Crippen LogP) is 1.45. The Kier molecular flexibility index (Phi) is 6.61. The van der Waals surface area contributed by atoms with Gasteiger partial charge in [-0.15, -0.1) is 0 Å². The van der Waals surface area contributed by atoms with E-state index in [-0.39, 0.29) is 6.04 Å². The van der Waals surface area contributed by atoms with Gasteiger partial charge in [0.05, 0.1) is 11.5 Å². The molecule has 0 saturated carbocycles. The van der Waals surface area contributed by atoms with Crippen LogP contribution >= 0.6 is 0 Å². The summed E-state index contributed by atoms with van der Waals surface area (Å²) < 4.78 is 32.2. The number of hydrogen-bond donors (Lipinski definition) is 1. The number of nitrogens with zero attached hydrogens (tertiary/aromatic N) is 1. The molecule has 1 atom stereocenters. The maximum Gasteiger partial charge on any atom is 0.243 e. The maximum absolute atomic E-state index is 12.8. The van der Waals surface area contributed by atoms with Crippen LogP contribution in [0.15, 0.2) is 29.2 Å². The van der Waals surface area contributed by atoms with Crippen molar-refractivity contribution in [3.8, 4) is 0 Å². The number of benzene rings is 1. The van der Waals surface area contributed by atoms with Gasteiger partial charge in [0.1, 0.15) is 0 Å². The van der Waals surface area contributed by atoms with E-state index < -0.39 is 10.0 Å². The van der Waals surface area contributed by atoms with Gasteiger partial charge in [-0.05, 0) is 25.6 Å². The minimum Gasteiger partial charge on any atom is -0.383 e. The van der Waals surface area contributed by atoms with E-state index >= 15 is 0 Å². The van der Waals surface area contributed by atoms with Crippen LogP contribution in [0.25, 0.3) is 0 Å². The number of likely N-dealkylation sites (N-methyl/N-ethyl adjacent to an activating group) is 1. The van der Waals surface area contributed by atoms with Gasteiger partial charge in [0.25, 0.3) is 0 Å². The molecule has 5 nitrogen and oxygen atoms in total. The fourth-order valence-corrected chi connectivity index (χ4v) is 4.11. The number of hydrogen-bond acceptors (Lipinski definition) is 4. The van der Waals surface area contributed by atoms with Gasteiger partial charge in [-0.25, -0.2) is 8.42 Å². The van der Waals surface area contributed by atoms with Crippen LogP contribution in [-0.4, -0.2) is 46.1 Å². The minimum absolute atomic E-state index is 0.197. The van der Waals surface area contributed by atoms with Crippen molar-refractivity contribution < 1.29 is 13.2 Å². The first-order valence-electron chi connectivity index (χ1n) is 6.72. The monoisotopic (exact) mass is 300 g/mol. The summed E-state index contributed by atoms with van der Waals surface area (Å²) in [5.41, 5.74) is 0.776. The molecule has 0 fully saturated rings. The molecule has 0 saturated heterocycles. The molecule has 1 aromatic rings. The first-order chi connectivity index (χ1) is 9.48. The van der Waals surface area contributed by atoms with Crippen LogP contribution in [0.5, 0.6) is 0 Å². The van der Waals surface area contributed by atoms with Crippen molar-refractivity contribution in [1.29, 1.82) is 0 Å². The van der Waals surface area contributed by atoms with Crippen molar-refractivity contribution in [3.05, 3.63) is 29.8 Å². The molecule has 0 radical (unpaired) electrons. The summed E-state index contributed by atoms with van der Waals surface area (Å²) in [6, 6.07) is 6.89. The molecule has 0 amide bonds. The zero-order valence-electron chi connectivity index (χ0n) is 12.6. The number of methoxy groups -OCH3 is 1. The molecule has 0 aromatic heterocycles. The van der Waals surface area contributed by atoms with E-state index in [0.29, 0.717) is 24.6 Å². The Hall–Kier alpha value is -0.950. The van der Waals surface area contributed by atoms with Crippen LogP contribution in [0.3, 0.4) is 0 Å². The van der Waals surface area contributed by atoms with Crippen LogP contribution in [0.2, 0.25) is 0 Å². The SMILES string of the molecule is CCN(C(C)COC)S(=O)(=O)c1ccccc1CNC. The smallest absolute Gasteiger partial charge is 0.243 e. The fourth-order valence-electron chi connectivity index (χ4n) is 2.26. The number of rotatable bonds is 8. The molecule has 0 heterocycles. The highest BCUT2D eigenvalue weighted by molar-refractivity contribution is 7.89. The number of ether oxygens (including phenoxy) is 1. The highest BCUT2D eigenvalue weighted by Gasteiger charge is 2.29. The van der Waals surface area contributed by atoms with Gasteiger partial charge < -0.3 is 10.1 Å². The molecule has 1 aromatic carbocycles. The second kappa shape index (κ2) is 7.73. The number of nitrogens with one attached hydrogen (secondary N) is 1. The second-order valence-corrected chi connectivity index (χ2v) is 6.51. The summed E-state index contributed by atoms with van der Waals surface area (Å²) in [4.78, 5) is 0.360.